The summed E-state index contributed by atoms with van der Waals surface area (Å²) in [5.41, 5.74) is 2.45. The number of carbonyl (C=O) groups is 1. The highest BCUT2D eigenvalue weighted by Crippen LogP contribution is 2.22. The molecule has 3 aromatic rings. The zero-order chi connectivity index (χ0) is 20.8. The van der Waals surface area contributed by atoms with E-state index in [9.17, 15) is 4.79 Å². The van der Waals surface area contributed by atoms with E-state index >= 15 is 0 Å². The number of aromatic nitrogens is 4. The predicted octanol–water partition coefficient (Wildman–Crippen LogP) is 2.94. The van der Waals surface area contributed by atoms with Crippen molar-refractivity contribution in [2.24, 2.45) is 0 Å². The molecule has 9 heteroatoms. The van der Waals surface area contributed by atoms with Gasteiger partial charge in [0.1, 0.15) is 5.82 Å². The molecular weight excluding hydrogens is 382 g/mol. The van der Waals surface area contributed by atoms with Crippen molar-refractivity contribution in [2.45, 2.75) is 19.8 Å². The second kappa shape index (κ2) is 9.17. The van der Waals surface area contributed by atoms with Gasteiger partial charge in [0.15, 0.2) is 6.61 Å². The zero-order valence-corrected chi connectivity index (χ0v) is 16.7. The Balaban J connectivity index is 1.34. The molecule has 1 aromatic carbocycles. The predicted molar refractivity (Wildman–Crippen MR) is 114 cm³/mol. The fourth-order valence-electron chi connectivity index (χ4n) is 3.15. The SMILES string of the molecule is Cc1cc(Nc2ccc(NC(=O)COc3ncccn3)cc2)nc(N2CCCC2)n1. The maximum atomic E-state index is 12.0. The Kier molecular flexibility index (Phi) is 5.98. The van der Waals surface area contributed by atoms with Gasteiger partial charge in [0.05, 0.1) is 0 Å². The molecule has 0 radical (unpaired) electrons. The lowest BCUT2D eigenvalue weighted by molar-refractivity contribution is -0.118. The second-order valence-electron chi connectivity index (χ2n) is 6.96. The Morgan fingerprint density at radius 1 is 1.07 bits per heavy atom. The summed E-state index contributed by atoms with van der Waals surface area (Å²) in [7, 11) is 0. The Hall–Kier alpha value is -3.75. The number of nitrogens with one attached hydrogen (secondary N) is 2. The Morgan fingerprint density at radius 2 is 1.77 bits per heavy atom. The normalized spacial score (nSPS) is 13.2. The summed E-state index contributed by atoms with van der Waals surface area (Å²) < 4.78 is 5.24. The third-order valence-electron chi connectivity index (χ3n) is 4.55. The van der Waals surface area contributed by atoms with E-state index in [2.05, 4.69) is 35.5 Å². The topological polar surface area (TPSA) is 105 Å². The van der Waals surface area contributed by atoms with Gasteiger partial charge in [-0.25, -0.2) is 15.0 Å². The number of benzene rings is 1. The van der Waals surface area contributed by atoms with Gasteiger partial charge < -0.3 is 20.3 Å². The summed E-state index contributed by atoms with van der Waals surface area (Å²) >= 11 is 0. The lowest BCUT2D eigenvalue weighted by Gasteiger charge is -2.17. The maximum absolute atomic E-state index is 12.0. The van der Waals surface area contributed by atoms with E-state index in [1.807, 2.05) is 37.3 Å². The fourth-order valence-corrected chi connectivity index (χ4v) is 3.15. The third kappa shape index (κ3) is 5.19. The molecule has 1 aliphatic heterocycles. The van der Waals surface area contributed by atoms with E-state index in [1.54, 1.807) is 18.5 Å². The third-order valence-corrected chi connectivity index (χ3v) is 4.55. The quantitative estimate of drug-likeness (QED) is 0.618. The van der Waals surface area contributed by atoms with Crippen LogP contribution in [0.25, 0.3) is 0 Å². The first kappa shape index (κ1) is 19.6. The number of ether oxygens (including phenoxy) is 1. The van der Waals surface area contributed by atoms with Crippen LogP contribution in [0, 0.1) is 6.92 Å². The minimum absolute atomic E-state index is 0.163. The van der Waals surface area contributed by atoms with E-state index in [-0.39, 0.29) is 18.5 Å². The number of aryl methyl sites for hydroxylation is 1. The molecule has 0 bridgehead atoms. The van der Waals surface area contributed by atoms with Crippen molar-refractivity contribution in [2.75, 3.05) is 35.2 Å². The van der Waals surface area contributed by atoms with E-state index in [1.165, 1.54) is 12.8 Å². The molecular formula is C21H23N7O2. The van der Waals surface area contributed by atoms with Crippen molar-refractivity contribution in [1.82, 2.24) is 19.9 Å². The molecule has 3 heterocycles. The van der Waals surface area contributed by atoms with E-state index < -0.39 is 0 Å². The summed E-state index contributed by atoms with van der Waals surface area (Å²) in [6, 6.07) is 11.1. The maximum Gasteiger partial charge on any atom is 0.316 e. The number of carbonyl (C=O) groups excluding carboxylic acids is 1. The van der Waals surface area contributed by atoms with E-state index in [0.29, 0.717) is 5.69 Å². The molecule has 30 heavy (non-hydrogen) atoms. The van der Waals surface area contributed by atoms with Crippen LogP contribution in [0.1, 0.15) is 18.5 Å². The van der Waals surface area contributed by atoms with Gasteiger partial charge in [-0.1, -0.05) is 0 Å². The lowest BCUT2D eigenvalue weighted by Crippen LogP contribution is -2.21. The molecule has 4 rings (SSSR count). The van der Waals surface area contributed by atoms with Gasteiger partial charge in [0.2, 0.25) is 5.95 Å². The minimum atomic E-state index is -0.287. The largest absolute Gasteiger partial charge is 0.453 e. The van der Waals surface area contributed by atoms with Gasteiger partial charge in [0, 0.05) is 48.6 Å². The standard InChI is InChI=1S/C21H23N7O2/c1-15-13-18(27-20(24-15)28-11-2-3-12-28)25-16-5-7-17(8-6-16)26-19(29)14-30-21-22-9-4-10-23-21/h4-10,13H,2-3,11-12,14H2,1H3,(H,26,29)(H,24,25,27). The van der Waals surface area contributed by atoms with Gasteiger partial charge in [0.25, 0.3) is 5.91 Å². The summed E-state index contributed by atoms with van der Waals surface area (Å²) in [6.07, 6.45) is 5.46. The van der Waals surface area contributed by atoms with Gasteiger partial charge in [-0.05, 0) is 50.1 Å². The molecule has 0 spiro atoms. The van der Waals surface area contributed by atoms with Crippen LogP contribution in [0.3, 0.4) is 0 Å². The van der Waals surface area contributed by atoms with Crippen LogP contribution in [-0.4, -0.2) is 45.5 Å². The minimum Gasteiger partial charge on any atom is -0.453 e. The highest BCUT2D eigenvalue weighted by atomic mass is 16.5. The van der Waals surface area contributed by atoms with Crippen LogP contribution in [0.2, 0.25) is 0 Å². The molecule has 1 fully saturated rings. The average molecular weight is 405 g/mol. The van der Waals surface area contributed by atoms with Crippen molar-refractivity contribution >= 4 is 29.0 Å². The van der Waals surface area contributed by atoms with Crippen molar-refractivity contribution in [3.8, 4) is 6.01 Å². The van der Waals surface area contributed by atoms with Crippen LogP contribution in [-0.2, 0) is 4.79 Å². The molecule has 1 aliphatic rings. The van der Waals surface area contributed by atoms with Gasteiger partial charge in [-0.3, -0.25) is 4.79 Å². The van der Waals surface area contributed by atoms with Crippen molar-refractivity contribution in [3.63, 3.8) is 0 Å². The molecule has 2 aromatic heterocycles. The Bertz CT molecular complexity index is 990. The first-order valence-corrected chi connectivity index (χ1v) is 9.83. The Labute approximate surface area is 174 Å². The number of hydrogen-bond donors (Lipinski definition) is 2. The molecule has 9 nitrogen and oxygen atoms in total. The van der Waals surface area contributed by atoms with Crippen LogP contribution in [0.15, 0.2) is 48.8 Å². The van der Waals surface area contributed by atoms with Crippen molar-refractivity contribution in [3.05, 3.63) is 54.5 Å². The zero-order valence-electron chi connectivity index (χ0n) is 16.7. The molecule has 1 saturated heterocycles. The molecule has 2 N–H and O–H groups in total. The van der Waals surface area contributed by atoms with Gasteiger partial charge in [-0.15, -0.1) is 0 Å². The van der Waals surface area contributed by atoms with Gasteiger partial charge >= 0.3 is 6.01 Å². The van der Waals surface area contributed by atoms with E-state index in [0.717, 1.165) is 36.2 Å². The highest BCUT2D eigenvalue weighted by molar-refractivity contribution is 5.92. The first-order chi connectivity index (χ1) is 14.7. The smallest absolute Gasteiger partial charge is 0.316 e. The molecule has 1 amide bonds. The van der Waals surface area contributed by atoms with E-state index in [4.69, 9.17) is 4.74 Å². The molecule has 0 atom stereocenters. The van der Waals surface area contributed by atoms with Crippen LogP contribution >= 0.6 is 0 Å². The first-order valence-electron chi connectivity index (χ1n) is 9.83. The number of hydrogen-bond acceptors (Lipinski definition) is 8. The van der Waals surface area contributed by atoms with Crippen molar-refractivity contribution in [1.29, 1.82) is 0 Å². The van der Waals surface area contributed by atoms with Gasteiger partial charge in [-0.2, -0.15) is 4.98 Å². The lowest BCUT2D eigenvalue weighted by atomic mass is 10.2. The van der Waals surface area contributed by atoms with Crippen LogP contribution < -0.4 is 20.3 Å². The molecule has 0 saturated carbocycles. The fraction of sp³-hybridized carbons (Fsp3) is 0.286. The molecule has 0 aliphatic carbocycles. The van der Waals surface area contributed by atoms with Crippen molar-refractivity contribution < 1.29 is 9.53 Å². The monoisotopic (exact) mass is 405 g/mol. The number of amides is 1. The summed E-state index contributed by atoms with van der Waals surface area (Å²) in [5, 5.41) is 6.08. The molecule has 0 unspecified atom stereocenters. The number of anilines is 4. The summed E-state index contributed by atoms with van der Waals surface area (Å²) in [6.45, 7) is 3.80. The second-order valence-corrected chi connectivity index (χ2v) is 6.96. The highest BCUT2D eigenvalue weighted by Gasteiger charge is 2.16. The molecule has 154 valence electrons. The Morgan fingerprint density at radius 3 is 2.50 bits per heavy atom. The van der Waals surface area contributed by atoms with Crippen LogP contribution in [0.5, 0.6) is 6.01 Å². The van der Waals surface area contributed by atoms with Crippen LogP contribution in [0.4, 0.5) is 23.1 Å². The summed E-state index contributed by atoms with van der Waals surface area (Å²) in [4.78, 5) is 31.3. The average Bonchev–Trinajstić information content (AvgIpc) is 3.29. The number of nitrogens with zero attached hydrogens (tertiary/aromatic N) is 5. The summed E-state index contributed by atoms with van der Waals surface area (Å²) in [5.74, 6) is 1.23. The number of rotatable bonds is 7.